The van der Waals surface area contributed by atoms with Crippen molar-refractivity contribution in [3.05, 3.63) is 87.9 Å². The highest BCUT2D eigenvalue weighted by Crippen LogP contribution is 2.41. The molecule has 152 valence electrons. The van der Waals surface area contributed by atoms with Crippen molar-refractivity contribution in [1.82, 2.24) is 9.88 Å². The van der Waals surface area contributed by atoms with Crippen LogP contribution in [0.3, 0.4) is 0 Å². The number of amides is 1. The maximum Gasteiger partial charge on any atom is 0.295 e. The summed E-state index contributed by atoms with van der Waals surface area (Å²) in [4.78, 5) is 32.2. The lowest BCUT2D eigenvalue weighted by molar-refractivity contribution is -0.140. The van der Waals surface area contributed by atoms with Crippen molar-refractivity contribution in [3.63, 3.8) is 0 Å². The highest BCUT2D eigenvalue weighted by molar-refractivity contribution is 7.10. The van der Waals surface area contributed by atoms with E-state index in [2.05, 4.69) is 4.98 Å². The van der Waals surface area contributed by atoms with Gasteiger partial charge in [-0.2, -0.15) is 0 Å². The second kappa shape index (κ2) is 8.51. The lowest BCUT2D eigenvalue weighted by Crippen LogP contribution is -2.28. The van der Waals surface area contributed by atoms with Crippen LogP contribution in [0.4, 0.5) is 0 Å². The number of aliphatic hydroxyl groups excluding tert-OH is 1. The maximum absolute atomic E-state index is 13.0. The van der Waals surface area contributed by atoms with E-state index in [0.29, 0.717) is 17.9 Å². The number of hydrogen-bond donors (Lipinski definition) is 1. The Kier molecular flexibility index (Phi) is 5.63. The maximum atomic E-state index is 13.0. The van der Waals surface area contributed by atoms with Gasteiger partial charge in [0, 0.05) is 29.4 Å². The van der Waals surface area contributed by atoms with Crippen LogP contribution in [0.5, 0.6) is 5.75 Å². The summed E-state index contributed by atoms with van der Waals surface area (Å²) in [7, 11) is 0. The molecular formula is C23H20N2O4S. The van der Waals surface area contributed by atoms with Crippen LogP contribution in [0.1, 0.15) is 29.0 Å². The second-order valence-corrected chi connectivity index (χ2v) is 7.73. The van der Waals surface area contributed by atoms with Crippen LogP contribution in [-0.2, 0) is 16.1 Å². The molecule has 0 spiro atoms. The number of ketones is 1. The largest absolute Gasteiger partial charge is 0.507 e. The number of hydrogen-bond acceptors (Lipinski definition) is 6. The molecule has 0 aliphatic carbocycles. The van der Waals surface area contributed by atoms with E-state index in [1.54, 1.807) is 48.8 Å². The molecule has 1 aromatic carbocycles. The van der Waals surface area contributed by atoms with Gasteiger partial charge in [-0.1, -0.05) is 6.07 Å². The third-order valence-corrected chi connectivity index (χ3v) is 5.82. The van der Waals surface area contributed by atoms with Gasteiger partial charge in [0.1, 0.15) is 11.5 Å². The van der Waals surface area contributed by atoms with Gasteiger partial charge in [-0.05, 0) is 60.3 Å². The molecule has 1 atom stereocenters. The molecule has 1 saturated heterocycles. The molecule has 30 heavy (non-hydrogen) atoms. The number of carbonyl (C=O) groups excluding carboxylic acids is 2. The van der Waals surface area contributed by atoms with E-state index in [4.69, 9.17) is 4.74 Å². The van der Waals surface area contributed by atoms with E-state index in [1.165, 1.54) is 16.2 Å². The van der Waals surface area contributed by atoms with Crippen LogP contribution in [0.25, 0.3) is 5.76 Å². The van der Waals surface area contributed by atoms with Gasteiger partial charge in [0.05, 0.1) is 18.2 Å². The highest BCUT2D eigenvalue weighted by atomic mass is 32.1. The van der Waals surface area contributed by atoms with Crippen molar-refractivity contribution in [2.24, 2.45) is 0 Å². The first-order chi connectivity index (χ1) is 14.6. The molecule has 1 N–H and O–H groups in total. The van der Waals surface area contributed by atoms with Crippen molar-refractivity contribution in [2.75, 3.05) is 6.61 Å². The Hall–Kier alpha value is -3.45. The third-order valence-electron chi connectivity index (χ3n) is 4.89. The lowest BCUT2D eigenvalue weighted by Gasteiger charge is -2.24. The van der Waals surface area contributed by atoms with Crippen molar-refractivity contribution in [1.29, 1.82) is 0 Å². The van der Waals surface area contributed by atoms with Gasteiger partial charge in [-0.25, -0.2) is 0 Å². The van der Waals surface area contributed by atoms with Crippen molar-refractivity contribution < 1.29 is 19.4 Å². The van der Waals surface area contributed by atoms with Crippen molar-refractivity contribution >= 4 is 28.8 Å². The fourth-order valence-electron chi connectivity index (χ4n) is 3.50. The number of nitrogens with zero attached hydrogens (tertiary/aromatic N) is 2. The Labute approximate surface area is 178 Å². The Morgan fingerprint density at radius 1 is 1.13 bits per heavy atom. The second-order valence-electron chi connectivity index (χ2n) is 6.76. The molecule has 1 aliphatic heterocycles. The molecule has 4 rings (SSSR count). The van der Waals surface area contributed by atoms with Crippen molar-refractivity contribution in [2.45, 2.75) is 19.5 Å². The predicted molar refractivity (Wildman–Crippen MR) is 114 cm³/mol. The number of thiophene rings is 1. The summed E-state index contributed by atoms with van der Waals surface area (Å²) in [5, 5.41) is 12.9. The number of rotatable bonds is 6. The standard InChI is InChI=1S/C23H20N2O4S/c1-2-29-17-7-5-16(6-8-17)21(26)19-20(18-4-3-13-30-18)25(23(28)22(19)27)14-15-9-11-24-12-10-15/h3-13,20,26H,2,14H2,1H3/b21-19-. The molecule has 1 aliphatic rings. The van der Waals surface area contributed by atoms with E-state index in [9.17, 15) is 14.7 Å². The normalized spacial score (nSPS) is 18.0. The van der Waals surface area contributed by atoms with Gasteiger partial charge in [0.15, 0.2) is 0 Å². The molecule has 1 amide bonds. The molecule has 0 radical (unpaired) electrons. The smallest absolute Gasteiger partial charge is 0.295 e. The summed E-state index contributed by atoms with van der Waals surface area (Å²) in [6.07, 6.45) is 3.29. The first kappa shape index (κ1) is 19.8. The van der Waals surface area contributed by atoms with Crippen LogP contribution < -0.4 is 4.74 Å². The molecule has 3 heterocycles. The average Bonchev–Trinajstić information content (AvgIpc) is 3.38. The summed E-state index contributed by atoms with van der Waals surface area (Å²) < 4.78 is 5.44. The van der Waals surface area contributed by atoms with E-state index >= 15 is 0 Å². The zero-order chi connectivity index (χ0) is 21.1. The summed E-state index contributed by atoms with van der Waals surface area (Å²) in [6, 6.07) is 13.5. The monoisotopic (exact) mass is 420 g/mol. The minimum absolute atomic E-state index is 0.0978. The number of ether oxygens (including phenoxy) is 1. The Morgan fingerprint density at radius 2 is 1.87 bits per heavy atom. The van der Waals surface area contributed by atoms with Gasteiger partial charge < -0.3 is 14.7 Å². The van der Waals surface area contributed by atoms with E-state index in [0.717, 1.165) is 10.4 Å². The van der Waals surface area contributed by atoms with E-state index in [-0.39, 0.29) is 17.9 Å². The summed E-state index contributed by atoms with van der Waals surface area (Å²) >= 11 is 1.44. The molecule has 0 bridgehead atoms. The Bertz CT molecular complexity index is 1080. The Balaban J connectivity index is 1.78. The molecular weight excluding hydrogens is 400 g/mol. The molecule has 1 fully saturated rings. The van der Waals surface area contributed by atoms with E-state index < -0.39 is 17.7 Å². The molecule has 1 unspecified atom stereocenters. The molecule has 6 nitrogen and oxygen atoms in total. The summed E-state index contributed by atoms with van der Waals surface area (Å²) in [5.74, 6) is -0.833. The average molecular weight is 420 g/mol. The lowest BCUT2D eigenvalue weighted by atomic mass is 9.99. The van der Waals surface area contributed by atoms with Crippen molar-refractivity contribution in [3.8, 4) is 5.75 Å². The number of carbonyl (C=O) groups is 2. The molecule has 7 heteroatoms. The summed E-state index contributed by atoms with van der Waals surface area (Å²) in [5.41, 5.74) is 1.41. The fourth-order valence-corrected chi connectivity index (χ4v) is 4.35. The third kappa shape index (κ3) is 3.71. The SMILES string of the molecule is CCOc1ccc(/C(O)=C2/C(=O)C(=O)N(Cc3ccncc3)C2c2cccs2)cc1. The number of Topliss-reactive ketones (excluding diaryl/α,β-unsaturated/α-hetero) is 1. The number of benzene rings is 1. The zero-order valence-corrected chi connectivity index (χ0v) is 17.1. The van der Waals surface area contributed by atoms with Gasteiger partial charge in [0.25, 0.3) is 11.7 Å². The van der Waals surface area contributed by atoms with Gasteiger partial charge >= 0.3 is 0 Å². The van der Waals surface area contributed by atoms with Gasteiger partial charge in [-0.3, -0.25) is 14.6 Å². The van der Waals surface area contributed by atoms with Crippen LogP contribution in [0, 0.1) is 0 Å². The topological polar surface area (TPSA) is 79.7 Å². The van der Waals surface area contributed by atoms with Crippen LogP contribution in [0.2, 0.25) is 0 Å². The number of aromatic nitrogens is 1. The summed E-state index contributed by atoms with van der Waals surface area (Å²) in [6.45, 7) is 2.67. The fraction of sp³-hybridized carbons (Fsp3) is 0.174. The quantitative estimate of drug-likeness (QED) is 0.368. The molecule has 0 saturated carbocycles. The first-order valence-electron chi connectivity index (χ1n) is 9.54. The number of pyridine rings is 1. The zero-order valence-electron chi connectivity index (χ0n) is 16.3. The minimum atomic E-state index is -0.686. The van der Waals surface area contributed by atoms with Crippen LogP contribution >= 0.6 is 11.3 Å². The van der Waals surface area contributed by atoms with Crippen LogP contribution in [-0.4, -0.2) is 33.3 Å². The van der Waals surface area contributed by atoms with E-state index in [1.807, 2.05) is 24.4 Å². The highest BCUT2D eigenvalue weighted by Gasteiger charge is 2.46. The predicted octanol–water partition coefficient (Wildman–Crippen LogP) is 4.16. The molecule has 3 aromatic rings. The molecule has 2 aromatic heterocycles. The van der Waals surface area contributed by atoms with Crippen LogP contribution in [0.15, 0.2) is 71.9 Å². The number of likely N-dealkylation sites (tertiary alicyclic amines) is 1. The number of aliphatic hydroxyl groups is 1. The minimum Gasteiger partial charge on any atom is -0.507 e. The van der Waals surface area contributed by atoms with Gasteiger partial charge in [0.2, 0.25) is 0 Å². The first-order valence-corrected chi connectivity index (χ1v) is 10.4. The van der Waals surface area contributed by atoms with Gasteiger partial charge in [-0.15, -0.1) is 11.3 Å². The Morgan fingerprint density at radius 3 is 2.50 bits per heavy atom.